The highest BCUT2D eigenvalue weighted by Gasteiger charge is 2.36. The van der Waals surface area contributed by atoms with Crippen molar-refractivity contribution in [2.24, 2.45) is 0 Å². The van der Waals surface area contributed by atoms with E-state index in [0.29, 0.717) is 0 Å². The summed E-state index contributed by atoms with van der Waals surface area (Å²) < 4.78 is 7.41. The molecule has 0 amide bonds. The minimum Gasteiger partial charge on any atom is -0.254 e. The molecule has 232 valence electrons. The van der Waals surface area contributed by atoms with Gasteiger partial charge in [-0.1, -0.05) is 135 Å². The first-order valence-corrected chi connectivity index (χ1v) is 22.3. The molecule has 1 aliphatic carbocycles. The highest BCUT2D eigenvalue weighted by molar-refractivity contribution is 8.42. The first kappa shape index (κ1) is 33.7. The number of allylic oxidation sites excluding steroid dienone is 2. The Balaban J connectivity index is 1.18. The Kier molecular flexibility index (Phi) is 12.5. The molecule has 0 bridgehead atoms. The smallest absolute Gasteiger partial charge is 0.0971 e. The number of hydrogen-bond donors (Lipinski definition) is 0. The first-order chi connectivity index (χ1) is 21.6. The van der Waals surface area contributed by atoms with Crippen LogP contribution in [-0.2, 0) is 0 Å². The standard InChI is InChI=1S/C34H38N2S8/c1-5-7-9-11-19-37-31-32(38-20-12-10-8-6-2)44-34(43-31)33-40-22(4)29(42-33)28-21(3)39-30(41-28)25-23-15-13-17-35-26(23)27-24(25)16-14-18-36-27/h13-18H,5-12,19-20H2,1-4H3. The lowest BCUT2D eigenvalue weighted by Gasteiger charge is -2.08. The van der Waals surface area contributed by atoms with Gasteiger partial charge >= 0.3 is 0 Å². The molecule has 0 atom stereocenters. The van der Waals surface area contributed by atoms with Crippen molar-refractivity contribution in [1.82, 2.24) is 9.97 Å². The van der Waals surface area contributed by atoms with Gasteiger partial charge in [0.05, 0.1) is 32.6 Å². The summed E-state index contributed by atoms with van der Waals surface area (Å²) in [4.78, 5) is 15.1. The van der Waals surface area contributed by atoms with E-state index < -0.39 is 0 Å². The summed E-state index contributed by atoms with van der Waals surface area (Å²) in [5.41, 5.74) is 5.72. The van der Waals surface area contributed by atoms with E-state index in [1.807, 2.05) is 95.1 Å². The number of hydrogen-bond acceptors (Lipinski definition) is 10. The van der Waals surface area contributed by atoms with Gasteiger partial charge in [-0.05, 0) is 50.3 Å². The molecule has 0 radical (unpaired) electrons. The summed E-state index contributed by atoms with van der Waals surface area (Å²) in [6.07, 6.45) is 14.4. The maximum atomic E-state index is 4.72. The molecule has 4 aliphatic rings. The van der Waals surface area contributed by atoms with Crippen molar-refractivity contribution in [3.8, 4) is 11.4 Å². The second-order valence-electron chi connectivity index (χ2n) is 10.8. The predicted octanol–water partition coefficient (Wildman–Crippen LogP) is 14.0. The third kappa shape index (κ3) is 7.58. The molecule has 44 heavy (non-hydrogen) atoms. The Morgan fingerprint density at radius 1 is 0.568 bits per heavy atom. The lowest BCUT2D eigenvalue weighted by molar-refractivity contribution is 0.707. The minimum absolute atomic E-state index is 1.01. The average Bonchev–Trinajstić information content (AvgIpc) is 3.80. The molecular weight excluding hydrogens is 693 g/mol. The van der Waals surface area contributed by atoms with Crippen LogP contribution in [0.4, 0.5) is 0 Å². The number of pyridine rings is 2. The van der Waals surface area contributed by atoms with Crippen LogP contribution < -0.4 is 0 Å². The van der Waals surface area contributed by atoms with Crippen LogP contribution in [0.15, 0.2) is 77.5 Å². The normalized spacial score (nSPS) is 18.1. The van der Waals surface area contributed by atoms with E-state index >= 15 is 0 Å². The van der Waals surface area contributed by atoms with Gasteiger partial charge in [0, 0.05) is 48.7 Å². The monoisotopic (exact) mass is 730 g/mol. The Hall–Kier alpha value is -0.200. The quantitative estimate of drug-likeness (QED) is 0.158. The van der Waals surface area contributed by atoms with Gasteiger partial charge in [-0.25, -0.2) is 0 Å². The number of nitrogens with zero attached hydrogens (tertiary/aromatic N) is 2. The Morgan fingerprint density at radius 3 is 1.57 bits per heavy atom. The molecule has 10 heteroatoms. The molecule has 2 aromatic rings. The zero-order valence-electron chi connectivity index (χ0n) is 25.7. The summed E-state index contributed by atoms with van der Waals surface area (Å²) in [5, 5.41) is 0. The van der Waals surface area contributed by atoms with Crippen LogP contribution in [-0.4, -0.2) is 21.5 Å². The molecule has 2 nitrogen and oxygen atoms in total. The van der Waals surface area contributed by atoms with Gasteiger partial charge in [-0.2, -0.15) is 0 Å². The summed E-state index contributed by atoms with van der Waals surface area (Å²) in [7, 11) is 0. The van der Waals surface area contributed by atoms with Crippen LogP contribution in [0.2, 0.25) is 0 Å². The third-order valence-corrected chi connectivity index (χ3v) is 19.1. The minimum atomic E-state index is 1.01. The van der Waals surface area contributed by atoms with Gasteiger partial charge in [-0.15, -0.1) is 23.5 Å². The van der Waals surface area contributed by atoms with E-state index in [1.165, 1.54) is 112 Å². The maximum Gasteiger partial charge on any atom is 0.0971 e. The fourth-order valence-electron chi connectivity index (χ4n) is 5.22. The molecule has 6 rings (SSSR count). The molecule has 0 aromatic carbocycles. The molecule has 5 heterocycles. The van der Waals surface area contributed by atoms with Crippen molar-refractivity contribution in [1.29, 1.82) is 0 Å². The third-order valence-electron chi connectivity index (χ3n) is 7.48. The van der Waals surface area contributed by atoms with Crippen molar-refractivity contribution in [2.75, 3.05) is 11.5 Å². The lowest BCUT2D eigenvalue weighted by atomic mass is 10.1. The molecule has 0 saturated carbocycles. The molecule has 0 spiro atoms. The van der Waals surface area contributed by atoms with Crippen LogP contribution in [0.1, 0.15) is 90.2 Å². The zero-order chi connectivity index (χ0) is 30.5. The molecular formula is C34H38N2S8. The number of aromatic nitrogens is 2. The topological polar surface area (TPSA) is 25.8 Å². The number of fused-ring (bicyclic) bond motifs is 3. The molecule has 0 unspecified atom stereocenters. The fourth-order valence-corrected chi connectivity index (χ4v) is 17.2. The Morgan fingerprint density at radius 2 is 1.05 bits per heavy atom. The van der Waals surface area contributed by atoms with Gasteiger partial charge in [0.2, 0.25) is 0 Å². The first-order valence-electron chi connectivity index (χ1n) is 15.5. The van der Waals surface area contributed by atoms with Crippen LogP contribution in [0.25, 0.3) is 17.0 Å². The molecule has 0 saturated heterocycles. The fraction of sp³-hybridized carbons (Fsp3) is 0.412. The van der Waals surface area contributed by atoms with Crippen LogP contribution in [0.3, 0.4) is 0 Å². The second kappa shape index (κ2) is 16.3. The van der Waals surface area contributed by atoms with E-state index in [-0.39, 0.29) is 0 Å². The highest BCUT2D eigenvalue weighted by atomic mass is 32.3. The summed E-state index contributed by atoms with van der Waals surface area (Å²) >= 11 is 16.2. The van der Waals surface area contributed by atoms with Crippen molar-refractivity contribution in [3.63, 3.8) is 0 Å². The zero-order valence-corrected chi connectivity index (χ0v) is 32.2. The molecule has 0 fully saturated rings. The second-order valence-corrected chi connectivity index (χ2v) is 20.8. The van der Waals surface area contributed by atoms with Gasteiger partial charge in [0.1, 0.15) is 0 Å². The molecule has 3 aliphatic heterocycles. The summed E-state index contributed by atoms with van der Waals surface area (Å²) in [5.74, 6) is 2.48. The van der Waals surface area contributed by atoms with E-state index in [1.54, 1.807) is 8.47 Å². The van der Waals surface area contributed by atoms with Crippen molar-refractivity contribution < 1.29 is 0 Å². The highest BCUT2D eigenvalue weighted by Crippen LogP contribution is 2.67. The lowest BCUT2D eigenvalue weighted by Crippen LogP contribution is -1.84. The van der Waals surface area contributed by atoms with Crippen molar-refractivity contribution in [3.05, 3.63) is 88.6 Å². The maximum absolute atomic E-state index is 4.72. The SMILES string of the molecule is CCCCCCSC1=C(SCCCCCC)SC(=C2SC(C)=C(C3=C(C)SC(=C4c5cccnc5-c5ncccc54)S3)S2)S1. The van der Waals surface area contributed by atoms with Gasteiger partial charge < -0.3 is 0 Å². The summed E-state index contributed by atoms with van der Waals surface area (Å²) in [6, 6.07) is 8.50. The van der Waals surface area contributed by atoms with Crippen LogP contribution in [0.5, 0.6) is 0 Å². The number of rotatable bonds is 13. The van der Waals surface area contributed by atoms with Crippen molar-refractivity contribution in [2.45, 2.75) is 79.1 Å². The molecule has 0 N–H and O–H groups in total. The van der Waals surface area contributed by atoms with E-state index in [9.17, 15) is 0 Å². The number of unbranched alkanes of at least 4 members (excludes halogenated alkanes) is 6. The largest absolute Gasteiger partial charge is 0.254 e. The molecule has 2 aromatic heterocycles. The summed E-state index contributed by atoms with van der Waals surface area (Å²) in [6.45, 7) is 9.20. The van der Waals surface area contributed by atoms with E-state index in [2.05, 4.69) is 63.4 Å². The average molecular weight is 731 g/mol. The van der Waals surface area contributed by atoms with Gasteiger partial charge in [0.15, 0.2) is 0 Å². The van der Waals surface area contributed by atoms with Crippen LogP contribution in [0, 0.1) is 0 Å². The van der Waals surface area contributed by atoms with Crippen molar-refractivity contribution >= 4 is 99.7 Å². The predicted molar refractivity (Wildman–Crippen MR) is 212 cm³/mol. The Bertz CT molecular complexity index is 1490. The van der Waals surface area contributed by atoms with Crippen LogP contribution >= 0.6 is 94.1 Å². The Labute approximate surface area is 297 Å². The van der Waals surface area contributed by atoms with Gasteiger partial charge in [0.25, 0.3) is 0 Å². The number of thioether (sulfide) groups is 8. The van der Waals surface area contributed by atoms with E-state index in [0.717, 1.165) is 11.4 Å². The van der Waals surface area contributed by atoms with Gasteiger partial charge in [-0.3, -0.25) is 9.97 Å². The van der Waals surface area contributed by atoms with E-state index in [4.69, 9.17) is 9.97 Å².